The first-order valence-electron chi connectivity index (χ1n) is 8.94. The number of carbonyl (C=O) groups excluding carboxylic acids is 1. The van der Waals surface area contributed by atoms with E-state index < -0.39 is 0 Å². The van der Waals surface area contributed by atoms with Crippen molar-refractivity contribution in [3.05, 3.63) is 34.4 Å². The lowest BCUT2D eigenvalue weighted by Gasteiger charge is -2.43. The largest absolute Gasteiger partial charge is 0.289 e. The van der Waals surface area contributed by atoms with E-state index in [1.54, 1.807) is 0 Å². The first kappa shape index (κ1) is 18.2. The van der Waals surface area contributed by atoms with E-state index >= 15 is 0 Å². The van der Waals surface area contributed by atoms with E-state index in [0.29, 0.717) is 5.92 Å². The number of ketones is 1. The second-order valence-corrected chi connectivity index (χ2v) is 9.92. The van der Waals surface area contributed by atoms with Crippen LogP contribution in [-0.4, -0.2) is 5.78 Å². The molecule has 23 heavy (non-hydrogen) atoms. The van der Waals surface area contributed by atoms with E-state index in [0.717, 1.165) is 24.0 Å². The Hall–Kier alpha value is -1.11. The third kappa shape index (κ3) is 3.39. The molecule has 0 fully saturated rings. The lowest BCUT2D eigenvalue weighted by atomic mass is 9.60. The number of allylic oxidation sites excluding steroid dienone is 6. The highest BCUT2D eigenvalue weighted by Crippen LogP contribution is 2.51. The van der Waals surface area contributed by atoms with E-state index in [9.17, 15) is 4.79 Å². The van der Waals surface area contributed by atoms with E-state index in [1.165, 1.54) is 11.1 Å². The standard InChI is InChI=1S/C22H34O/c1-14-10-22(11-15(2)16(14)3)12-17(20(4,5)6)19(23)18(13-22)21(7,8)9/h12-14H,10-11H2,1-9H3. The molecule has 2 aliphatic rings. The molecule has 0 aromatic rings. The Morgan fingerprint density at radius 1 is 0.957 bits per heavy atom. The fourth-order valence-electron chi connectivity index (χ4n) is 4.08. The van der Waals surface area contributed by atoms with Gasteiger partial charge in [0.15, 0.2) is 5.78 Å². The third-order valence-electron chi connectivity index (χ3n) is 5.66. The average Bonchev–Trinajstić information content (AvgIpc) is 2.36. The van der Waals surface area contributed by atoms with E-state index in [2.05, 4.69) is 74.5 Å². The molecule has 0 aromatic carbocycles. The zero-order valence-electron chi connectivity index (χ0n) is 16.6. The van der Waals surface area contributed by atoms with Crippen LogP contribution in [-0.2, 0) is 4.79 Å². The van der Waals surface area contributed by atoms with E-state index in [4.69, 9.17) is 0 Å². The SMILES string of the molecule is CC1=C(C)C(C)CC2(C=C(C(C)(C)C)C(=O)C(C(C)(C)C)=C2)C1. The van der Waals surface area contributed by atoms with E-state index in [-0.39, 0.29) is 22.0 Å². The minimum Gasteiger partial charge on any atom is -0.289 e. The summed E-state index contributed by atoms with van der Waals surface area (Å²) in [5, 5.41) is 0. The van der Waals surface area contributed by atoms with Crippen molar-refractivity contribution in [2.45, 2.75) is 75.2 Å². The summed E-state index contributed by atoms with van der Waals surface area (Å²) in [6.07, 6.45) is 6.80. The van der Waals surface area contributed by atoms with Gasteiger partial charge in [-0.2, -0.15) is 0 Å². The normalized spacial score (nSPS) is 25.6. The van der Waals surface area contributed by atoms with Crippen molar-refractivity contribution in [2.24, 2.45) is 22.2 Å². The van der Waals surface area contributed by atoms with Crippen LogP contribution in [0.3, 0.4) is 0 Å². The Bertz CT molecular complexity index is 577. The van der Waals surface area contributed by atoms with Crippen LogP contribution >= 0.6 is 0 Å². The first-order chi connectivity index (χ1) is 10.3. The van der Waals surface area contributed by atoms with Gasteiger partial charge in [0, 0.05) is 16.6 Å². The molecule has 0 heterocycles. The fraction of sp³-hybridized carbons (Fsp3) is 0.682. The van der Waals surface area contributed by atoms with Crippen molar-refractivity contribution >= 4 is 5.78 Å². The van der Waals surface area contributed by atoms with Gasteiger partial charge >= 0.3 is 0 Å². The van der Waals surface area contributed by atoms with Crippen LogP contribution in [0.4, 0.5) is 0 Å². The maximum Gasteiger partial charge on any atom is 0.185 e. The summed E-state index contributed by atoms with van der Waals surface area (Å²) in [4.78, 5) is 13.1. The third-order valence-corrected chi connectivity index (χ3v) is 5.66. The van der Waals surface area contributed by atoms with Gasteiger partial charge in [-0.3, -0.25) is 4.79 Å². The molecular formula is C22H34O. The van der Waals surface area contributed by atoms with Crippen LogP contribution < -0.4 is 0 Å². The highest BCUT2D eigenvalue weighted by Gasteiger charge is 2.43. The Morgan fingerprint density at radius 2 is 1.39 bits per heavy atom. The highest BCUT2D eigenvalue weighted by atomic mass is 16.1. The molecule has 0 saturated carbocycles. The predicted molar refractivity (Wildman–Crippen MR) is 99.3 cm³/mol. The minimum absolute atomic E-state index is 0.0160. The number of hydrogen-bond donors (Lipinski definition) is 0. The van der Waals surface area contributed by atoms with Crippen molar-refractivity contribution in [1.29, 1.82) is 0 Å². The summed E-state index contributed by atoms with van der Waals surface area (Å²) in [6.45, 7) is 19.8. The van der Waals surface area contributed by atoms with Gasteiger partial charge in [-0.25, -0.2) is 0 Å². The van der Waals surface area contributed by atoms with Crippen molar-refractivity contribution < 1.29 is 4.79 Å². The summed E-state index contributed by atoms with van der Waals surface area (Å²) >= 11 is 0. The number of Topliss-reactive ketones (excluding diaryl/α,β-unsaturated/α-hetero) is 1. The molecule has 1 nitrogen and oxygen atoms in total. The molecule has 1 atom stereocenters. The molecule has 2 rings (SSSR count). The molecule has 0 radical (unpaired) electrons. The van der Waals surface area contributed by atoms with Crippen molar-refractivity contribution in [2.75, 3.05) is 0 Å². The van der Waals surface area contributed by atoms with Crippen LogP contribution in [0.25, 0.3) is 0 Å². The zero-order valence-corrected chi connectivity index (χ0v) is 16.6. The summed E-state index contributed by atoms with van der Waals surface area (Å²) in [7, 11) is 0. The van der Waals surface area contributed by atoms with Crippen LogP contribution in [0.15, 0.2) is 34.4 Å². The minimum atomic E-state index is -0.109. The molecule has 0 N–H and O–H groups in total. The van der Waals surface area contributed by atoms with Gasteiger partial charge in [-0.05, 0) is 43.4 Å². The fourth-order valence-corrected chi connectivity index (χ4v) is 4.08. The van der Waals surface area contributed by atoms with Gasteiger partial charge < -0.3 is 0 Å². The smallest absolute Gasteiger partial charge is 0.185 e. The quantitative estimate of drug-likeness (QED) is 0.482. The van der Waals surface area contributed by atoms with Crippen molar-refractivity contribution in [1.82, 2.24) is 0 Å². The Morgan fingerprint density at radius 3 is 1.74 bits per heavy atom. The molecule has 1 unspecified atom stereocenters. The lowest BCUT2D eigenvalue weighted by Crippen LogP contribution is -2.36. The number of rotatable bonds is 0. The van der Waals surface area contributed by atoms with Crippen LogP contribution in [0, 0.1) is 22.2 Å². The molecule has 0 aliphatic heterocycles. The Balaban J connectivity index is 2.64. The molecule has 1 heteroatoms. The van der Waals surface area contributed by atoms with Gasteiger partial charge in [0.05, 0.1) is 0 Å². The monoisotopic (exact) mass is 314 g/mol. The molecular weight excluding hydrogens is 280 g/mol. The Kier molecular flexibility index (Phi) is 4.33. The molecule has 1 spiro atoms. The predicted octanol–water partition coefficient (Wildman–Crippen LogP) is 6.27. The summed E-state index contributed by atoms with van der Waals surface area (Å²) in [5.41, 5.74) is 4.83. The summed E-state index contributed by atoms with van der Waals surface area (Å²) in [6, 6.07) is 0. The van der Waals surface area contributed by atoms with Gasteiger partial charge in [0.1, 0.15) is 0 Å². The van der Waals surface area contributed by atoms with Gasteiger partial charge in [0.2, 0.25) is 0 Å². The zero-order chi connectivity index (χ0) is 17.8. The second-order valence-electron chi connectivity index (χ2n) is 9.92. The van der Waals surface area contributed by atoms with Gasteiger partial charge in [-0.15, -0.1) is 0 Å². The van der Waals surface area contributed by atoms with Crippen LogP contribution in [0.1, 0.15) is 75.2 Å². The summed E-state index contributed by atoms with van der Waals surface area (Å²) in [5.74, 6) is 0.832. The van der Waals surface area contributed by atoms with Crippen molar-refractivity contribution in [3.8, 4) is 0 Å². The molecule has 0 aromatic heterocycles. The molecule has 0 bridgehead atoms. The molecule has 0 saturated heterocycles. The van der Waals surface area contributed by atoms with Gasteiger partial charge in [-0.1, -0.05) is 71.8 Å². The highest BCUT2D eigenvalue weighted by molar-refractivity contribution is 6.11. The maximum absolute atomic E-state index is 13.1. The number of hydrogen-bond acceptors (Lipinski definition) is 1. The second kappa shape index (κ2) is 5.46. The van der Waals surface area contributed by atoms with Crippen LogP contribution in [0.5, 0.6) is 0 Å². The number of carbonyl (C=O) groups is 1. The topological polar surface area (TPSA) is 17.1 Å². The Labute approximate surface area is 142 Å². The van der Waals surface area contributed by atoms with Crippen LogP contribution in [0.2, 0.25) is 0 Å². The van der Waals surface area contributed by atoms with Gasteiger partial charge in [0.25, 0.3) is 0 Å². The van der Waals surface area contributed by atoms with Crippen molar-refractivity contribution in [3.63, 3.8) is 0 Å². The van der Waals surface area contributed by atoms with E-state index in [1.807, 2.05) is 0 Å². The average molecular weight is 315 g/mol. The molecule has 0 amide bonds. The first-order valence-corrected chi connectivity index (χ1v) is 8.94. The maximum atomic E-state index is 13.1. The lowest BCUT2D eigenvalue weighted by molar-refractivity contribution is -0.114. The summed E-state index contributed by atoms with van der Waals surface area (Å²) < 4.78 is 0. The molecule has 128 valence electrons. The molecule has 2 aliphatic carbocycles.